The summed E-state index contributed by atoms with van der Waals surface area (Å²) >= 11 is 0. The number of carbonyl (C=O) groups excluding carboxylic acids is 3. The molecular weight excluding hydrogens is 781 g/mol. The first kappa shape index (κ1) is 59.9. The van der Waals surface area contributed by atoms with Gasteiger partial charge in [0, 0.05) is 19.3 Å². The van der Waals surface area contributed by atoms with E-state index in [2.05, 4.69) is 93.7 Å². The van der Waals surface area contributed by atoms with Gasteiger partial charge in [0.25, 0.3) is 0 Å². The van der Waals surface area contributed by atoms with Gasteiger partial charge in [-0.05, 0) is 109 Å². The van der Waals surface area contributed by atoms with Gasteiger partial charge in [-0.15, -0.1) is 0 Å². The first-order valence-corrected chi connectivity index (χ1v) is 26.4. The van der Waals surface area contributed by atoms with E-state index in [4.69, 9.17) is 14.2 Å². The number of esters is 3. The number of carbonyl (C=O) groups is 3. The lowest BCUT2D eigenvalue weighted by Gasteiger charge is -2.18. The normalized spacial score (nSPS) is 12.6. The molecule has 0 aliphatic rings. The molecule has 362 valence electrons. The largest absolute Gasteiger partial charge is 0.462 e. The quantitative estimate of drug-likeness (QED) is 0.0262. The molecule has 0 aliphatic carbocycles. The average Bonchev–Trinajstić information content (AvgIpc) is 3.28. The van der Waals surface area contributed by atoms with Crippen LogP contribution in [0.2, 0.25) is 0 Å². The van der Waals surface area contributed by atoms with Crippen LogP contribution in [-0.2, 0) is 28.6 Å². The highest BCUT2D eigenvalue weighted by atomic mass is 16.6. The van der Waals surface area contributed by atoms with Crippen molar-refractivity contribution in [3.8, 4) is 0 Å². The molecule has 0 N–H and O–H groups in total. The number of hydrogen-bond donors (Lipinski definition) is 0. The van der Waals surface area contributed by atoms with E-state index in [0.717, 1.165) is 109 Å². The minimum Gasteiger partial charge on any atom is -0.462 e. The van der Waals surface area contributed by atoms with Gasteiger partial charge in [-0.1, -0.05) is 196 Å². The van der Waals surface area contributed by atoms with Crippen LogP contribution in [0.1, 0.15) is 252 Å². The summed E-state index contributed by atoms with van der Waals surface area (Å²) in [6.45, 7) is 6.51. The molecule has 63 heavy (non-hydrogen) atoms. The summed E-state index contributed by atoms with van der Waals surface area (Å²) in [6.07, 6.45) is 64.5. The van der Waals surface area contributed by atoms with Gasteiger partial charge in [-0.25, -0.2) is 0 Å². The van der Waals surface area contributed by atoms with Crippen LogP contribution in [0.4, 0.5) is 0 Å². The lowest BCUT2D eigenvalue weighted by atomic mass is 10.1. The zero-order valence-corrected chi connectivity index (χ0v) is 41.3. The van der Waals surface area contributed by atoms with E-state index in [-0.39, 0.29) is 31.1 Å². The van der Waals surface area contributed by atoms with Crippen LogP contribution in [-0.4, -0.2) is 37.2 Å². The molecular formula is C57H98O6. The standard InChI is InChI=1S/C57H98O6/c1-4-7-10-13-16-19-22-24-26-28-30-32-35-37-40-43-46-49-55(58)61-52-54(63-57(60)51-48-45-42-39-34-21-18-15-12-9-6-3)53-62-56(59)50-47-44-41-38-36-33-31-29-27-25-23-20-17-14-11-8-5-2/h15-20,24-27,30,32,54H,4-14,21-23,28-29,31,33-53H2,1-3H3/b18-15-,19-16-,20-17-,26-24-,27-25-,32-30-/t54-/m1/s1. The van der Waals surface area contributed by atoms with Gasteiger partial charge in [-0.2, -0.15) is 0 Å². The Morgan fingerprint density at radius 3 is 0.952 bits per heavy atom. The van der Waals surface area contributed by atoms with Crippen LogP contribution in [0.15, 0.2) is 72.9 Å². The summed E-state index contributed by atoms with van der Waals surface area (Å²) in [4.78, 5) is 38.0. The van der Waals surface area contributed by atoms with Gasteiger partial charge in [0.2, 0.25) is 0 Å². The first-order valence-electron chi connectivity index (χ1n) is 26.4. The Morgan fingerprint density at radius 2 is 0.587 bits per heavy atom. The smallest absolute Gasteiger partial charge is 0.306 e. The van der Waals surface area contributed by atoms with Crippen molar-refractivity contribution < 1.29 is 28.6 Å². The van der Waals surface area contributed by atoms with Crippen LogP contribution in [0, 0.1) is 0 Å². The molecule has 0 aromatic heterocycles. The van der Waals surface area contributed by atoms with E-state index >= 15 is 0 Å². The fraction of sp³-hybridized carbons (Fsp3) is 0.737. The van der Waals surface area contributed by atoms with E-state index in [9.17, 15) is 14.4 Å². The Balaban J connectivity index is 4.40. The lowest BCUT2D eigenvalue weighted by Crippen LogP contribution is -2.30. The summed E-state index contributed by atoms with van der Waals surface area (Å²) in [5.41, 5.74) is 0. The van der Waals surface area contributed by atoms with E-state index in [0.29, 0.717) is 19.3 Å². The Bertz CT molecular complexity index is 1190. The topological polar surface area (TPSA) is 78.9 Å². The van der Waals surface area contributed by atoms with Crippen LogP contribution < -0.4 is 0 Å². The summed E-state index contributed by atoms with van der Waals surface area (Å²) in [6, 6.07) is 0. The van der Waals surface area contributed by atoms with Gasteiger partial charge in [-0.3, -0.25) is 14.4 Å². The molecule has 0 bridgehead atoms. The van der Waals surface area contributed by atoms with Crippen LogP contribution in [0.3, 0.4) is 0 Å². The monoisotopic (exact) mass is 879 g/mol. The molecule has 0 saturated carbocycles. The molecule has 0 aromatic rings. The molecule has 0 saturated heterocycles. The van der Waals surface area contributed by atoms with Crippen LogP contribution in [0.5, 0.6) is 0 Å². The van der Waals surface area contributed by atoms with Crippen molar-refractivity contribution >= 4 is 17.9 Å². The second-order valence-corrected chi connectivity index (χ2v) is 17.4. The molecule has 0 rings (SSSR count). The maximum absolute atomic E-state index is 12.8. The van der Waals surface area contributed by atoms with E-state index in [1.54, 1.807) is 0 Å². The maximum Gasteiger partial charge on any atom is 0.306 e. The van der Waals surface area contributed by atoms with Gasteiger partial charge < -0.3 is 14.2 Å². The Morgan fingerprint density at radius 1 is 0.317 bits per heavy atom. The predicted molar refractivity (Wildman–Crippen MR) is 270 cm³/mol. The van der Waals surface area contributed by atoms with E-state index < -0.39 is 6.10 Å². The van der Waals surface area contributed by atoms with Crippen LogP contribution in [0.25, 0.3) is 0 Å². The molecule has 0 spiro atoms. The predicted octanol–water partition coefficient (Wildman–Crippen LogP) is 17.4. The zero-order chi connectivity index (χ0) is 45.8. The van der Waals surface area contributed by atoms with Crippen molar-refractivity contribution in [2.75, 3.05) is 13.2 Å². The van der Waals surface area contributed by atoms with Crippen LogP contribution >= 0.6 is 0 Å². The third kappa shape index (κ3) is 49.7. The fourth-order valence-corrected chi connectivity index (χ4v) is 7.11. The zero-order valence-electron chi connectivity index (χ0n) is 41.3. The number of hydrogen-bond acceptors (Lipinski definition) is 6. The Labute approximate surface area is 389 Å². The van der Waals surface area contributed by atoms with Gasteiger partial charge >= 0.3 is 17.9 Å². The van der Waals surface area contributed by atoms with E-state index in [1.807, 2.05) is 0 Å². The summed E-state index contributed by atoms with van der Waals surface area (Å²) in [5.74, 6) is -0.928. The number of rotatable bonds is 47. The third-order valence-electron chi connectivity index (χ3n) is 11.2. The third-order valence-corrected chi connectivity index (χ3v) is 11.2. The molecule has 6 heteroatoms. The maximum atomic E-state index is 12.8. The highest BCUT2D eigenvalue weighted by Gasteiger charge is 2.19. The van der Waals surface area contributed by atoms with Crippen molar-refractivity contribution in [3.63, 3.8) is 0 Å². The molecule has 6 nitrogen and oxygen atoms in total. The minimum absolute atomic E-state index is 0.0905. The highest BCUT2D eigenvalue weighted by Crippen LogP contribution is 2.14. The van der Waals surface area contributed by atoms with Crippen molar-refractivity contribution in [2.45, 2.75) is 258 Å². The Hall–Kier alpha value is -3.15. The molecule has 0 radical (unpaired) electrons. The molecule has 0 heterocycles. The van der Waals surface area contributed by atoms with Gasteiger partial charge in [0.15, 0.2) is 6.10 Å². The summed E-state index contributed by atoms with van der Waals surface area (Å²) < 4.78 is 16.8. The number of ether oxygens (including phenoxy) is 3. The van der Waals surface area contributed by atoms with Crippen molar-refractivity contribution in [1.82, 2.24) is 0 Å². The summed E-state index contributed by atoms with van der Waals surface area (Å²) in [7, 11) is 0. The highest BCUT2D eigenvalue weighted by molar-refractivity contribution is 5.71. The average molecular weight is 879 g/mol. The molecule has 0 aliphatic heterocycles. The molecule has 0 fully saturated rings. The molecule has 1 atom stereocenters. The van der Waals surface area contributed by atoms with Crippen molar-refractivity contribution in [3.05, 3.63) is 72.9 Å². The fourth-order valence-electron chi connectivity index (χ4n) is 7.11. The molecule has 0 amide bonds. The first-order chi connectivity index (χ1) is 31.0. The second kappa shape index (κ2) is 51.5. The van der Waals surface area contributed by atoms with Crippen molar-refractivity contribution in [2.24, 2.45) is 0 Å². The van der Waals surface area contributed by atoms with Gasteiger partial charge in [0.05, 0.1) is 0 Å². The summed E-state index contributed by atoms with van der Waals surface area (Å²) in [5, 5.41) is 0. The molecule has 0 unspecified atom stereocenters. The van der Waals surface area contributed by atoms with Crippen molar-refractivity contribution in [1.29, 1.82) is 0 Å². The second-order valence-electron chi connectivity index (χ2n) is 17.4. The number of allylic oxidation sites excluding steroid dienone is 12. The minimum atomic E-state index is -0.791. The van der Waals surface area contributed by atoms with Gasteiger partial charge in [0.1, 0.15) is 13.2 Å². The SMILES string of the molecule is CCCC/C=C\CCCCCCCC(=O)O[C@H](COC(=O)CCCCCC/C=C\C/C=C\C/C=C\CCCCC)COC(=O)CCCCCCCCC/C=C\C/C=C\CCCCC. The molecule has 0 aromatic carbocycles. The number of unbranched alkanes of at least 4 members (excludes halogenated alkanes) is 24. The Kier molecular flexibility index (Phi) is 48.9. The van der Waals surface area contributed by atoms with E-state index in [1.165, 1.54) is 103 Å². The lowest BCUT2D eigenvalue weighted by molar-refractivity contribution is -0.167.